The highest BCUT2D eigenvalue weighted by Crippen LogP contribution is 2.37. The largest absolute Gasteiger partial charge is 0.493 e. The number of aromatic nitrogens is 1. The Balaban J connectivity index is 1.56. The molecular formula is C31H26ClN3O7S. The fourth-order valence-electron chi connectivity index (χ4n) is 4.84. The van der Waals surface area contributed by atoms with E-state index in [-0.39, 0.29) is 28.6 Å². The third kappa shape index (κ3) is 5.95. The van der Waals surface area contributed by atoms with E-state index in [1.165, 1.54) is 42.3 Å². The number of hydrogen-bond acceptors (Lipinski definition) is 9. The number of esters is 1. The fourth-order valence-corrected chi connectivity index (χ4v) is 6.14. The van der Waals surface area contributed by atoms with Gasteiger partial charge < -0.3 is 14.2 Å². The van der Waals surface area contributed by atoms with Gasteiger partial charge in [0.05, 0.1) is 46.0 Å². The van der Waals surface area contributed by atoms with E-state index in [0.717, 1.165) is 5.56 Å². The van der Waals surface area contributed by atoms with Crippen molar-refractivity contribution < 1.29 is 23.9 Å². The molecule has 2 heterocycles. The van der Waals surface area contributed by atoms with E-state index in [4.69, 9.17) is 25.8 Å². The molecule has 1 aliphatic heterocycles. The summed E-state index contributed by atoms with van der Waals surface area (Å²) < 4.78 is 18.4. The van der Waals surface area contributed by atoms with Gasteiger partial charge in [0, 0.05) is 12.1 Å². The first-order valence-electron chi connectivity index (χ1n) is 13.2. The van der Waals surface area contributed by atoms with Crippen LogP contribution in [0.25, 0.3) is 6.08 Å². The molecule has 0 amide bonds. The summed E-state index contributed by atoms with van der Waals surface area (Å²) in [7, 11) is 2.77. The van der Waals surface area contributed by atoms with Gasteiger partial charge in [0.15, 0.2) is 16.3 Å². The zero-order valence-electron chi connectivity index (χ0n) is 23.4. The summed E-state index contributed by atoms with van der Waals surface area (Å²) in [6.07, 6.45) is 2.15. The Hall–Kier alpha value is -4.74. The summed E-state index contributed by atoms with van der Waals surface area (Å²) in [6, 6.07) is 18.0. The summed E-state index contributed by atoms with van der Waals surface area (Å²) in [5.74, 6) is 0.0370. The predicted octanol–water partition coefficient (Wildman–Crippen LogP) is 4.95. The van der Waals surface area contributed by atoms with Crippen molar-refractivity contribution in [2.75, 3.05) is 14.2 Å². The second-order valence-electron chi connectivity index (χ2n) is 9.45. The Morgan fingerprint density at radius 1 is 1.14 bits per heavy atom. The fraction of sp³-hybridized carbons (Fsp3) is 0.194. The number of carbonyl (C=O) groups excluding carboxylic acids is 1. The lowest BCUT2D eigenvalue weighted by atomic mass is 9.95. The van der Waals surface area contributed by atoms with Gasteiger partial charge in [0.1, 0.15) is 6.61 Å². The number of nitro groups is 1. The summed E-state index contributed by atoms with van der Waals surface area (Å²) in [5.41, 5.74) is 2.43. The van der Waals surface area contributed by atoms with Crippen molar-refractivity contribution in [3.63, 3.8) is 0 Å². The van der Waals surface area contributed by atoms with Crippen molar-refractivity contribution in [3.8, 4) is 11.5 Å². The lowest BCUT2D eigenvalue weighted by molar-refractivity contribution is -0.384. The number of nitro benzene ring substituents is 1. The third-order valence-electron chi connectivity index (χ3n) is 6.82. The minimum absolute atomic E-state index is 0.0253. The topological polar surface area (TPSA) is 122 Å². The van der Waals surface area contributed by atoms with Gasteiger partial charge >= 0.3 is 5.97 Å². The highest BCUT2D eigenvalue weighted by molar-refractivity contribution is 7.07. The molecule has 43 heavy (non-hydrogen) atoms. The number of ether oxygens (including phenoxy) is 3. The Labute approximate surface area is 254 Å². The zero-order valence-corrected chi connectivity index (χ0v) is 25.0. The number of methoxy groups -OCH3 is 2. The van der Waals surface area contributed by atoms with Gasteiger partial charge in [-0.3, -0.25) is 19.5 Å². The minimum atomic E-state index is -0.704. The Morgan fingerprint density at radius 3 is 2.58 bits per heavy atom. The molecule has 12 heteroatoms. The highest BCUT2D eigenvalue weighted by Gasteiger charge is 2.33. The van der Waals surface area contributed by atoms with Crippen LogP contribution in [0.3, 0.4) is 0 Å². The van der Waals surface area contributed by atoms with Crippen LogP contribution >= 0.6 is 22.9 Å². The molecule has 0 radical (unpaired) electrons. The molecule has 1 aromatic heterocycles. The molecule has 0 aliphatic carbocycles. The van der Waals surface area contributed by atoms with Crippen LogP contribution in [-0.4, -0.2) is 29.7 Å². The molecule has 0 fully saturated rings. The number of carbonyl (C=O) groups is 1. The summed E-state index contributed by atoms with van der Waals surface area (Å²) in [5, 5.41) is 11.3. The molecule has 0 saturated heterocycles. The number of allylic oxidation sites excluding steroid dienone is 1. The molecule has 0 spiro atoms. The maximum absolute atomic E-state index is 13.9. The molecule has 1 atom stereocenters. The van der Waals surface area contributed by atoms with E-state index in [2.05, 4.69) is 4.99 Å². The molecule has 5 rings (SSSR count). The van der Waals surface area contributed by atoms with Gasteiger partial charge in [-0.15, -0.1) is 0 Å². The van der Waals surface area contributed by atoms with Crippen molar-refractivity contribution in [2.45, 2.75) is 26.0 Å². The van der Waals surface area contributed by atoms with Gasteiger partial charge in [0.25, 0.3) is 11.2 Å². The van der Waals surface area contributed by atoms with E-state index < -0.39 is 16.9 Å². The Morgan fingerprint density at radius 2 is 1.91 bits per heavy atom. The maximum Gasteiger partial charge on any atom is 0.338 e. The first-order valence-corrected chi connectivity index (χ1v) is 14.4. The van der Waals surface area contributed by atoms with Crippen molar-refractivity contribution in [1.29, 1.82) is 0 Å². The summed E-state index contributed by atoms with van der Waals surface area (Å²) >= 11 is 7.79. The summed E-state index contributed by atoms with van der Waals surface area (Å²) in [4.78, 5) is 42.6. The lowest BCUT2D eigenvalue weighted by Crippen LogP contribution is -2.40. The van der Waals surface area contributed by atoms with Crippen molar-refractivity contribution in [2.24, 2.45) is 4.99 Å². The van der Waals surface area contributed by atoms with Crippen molar-refractivity contribution in [3.05, 3.63) is 130 Å². The second-order valence-corrected chi connectivity index (χ2v) is 10.9. The average molecular weight is 620 g/mol. The smallest absolute Gasteiger partial charge is 0.338 e. The minimum Gasteiger partial charge on any atom is -0.493 e. The third-order valence-corrected chi connectivity index (χ3v) is 8.08. The Kier molecular flexibility index (Phi) is 8.74. The van der Waals surface area contributed by atoms with Crippen LogP contribution in [0.1, 0.15) is 36.1 Å². The number of hydrogen-bond donors (Lipinski definition) is 0. The number of thiazole rings is 1. The van der Waals surface area contributed by atoms with Crippen LogP contribution in [-0.2, 0) is 16.1 Å². The number of nitrogens with zero attached hydrogens (tertiary/aromatic N) is 3. The molecule has 0 saturated carbocycles. The number of benzene rings is 3. The number of halogens is 1. The van der Waals surface area contributed by atoms with E-state index in [9.17, 15) is 19.7 Å². The number of rotatable bonds is 9. The quantitative estimate of drug-likeness (QED) is 0.148. The van der Waals surface area contributed by atoms with Crippen LogP contribution in [0.5, 0.6) is 11.5 Å². The standard InChI is InChI=1S/C31H26ClN3O7S/c1-4-23-26(30(37)41-3)27(20-10-6-5-7-11-20)34-29(36)25(43-31(34)33-23)16-19-14-22(32)28(24(15-19)40-2)42-17-18-9-8-12-21(13-18)35(38)39/h5-16,27H,4,17H2,1-3H3/b25-16-/t27-/m0/s1. The second kappa shape index (κ2) is 12.6. The molecule has 220 valence electrons. The van der Waals surface area contributed by atoms with Gasteiger partial charge in [-0.2, -0.15) is 0 Å². The lowest BCUT2D eigenvalue weighted by Gasteiger charge is -2.25. The summed E-state index contributed by atoms with van der Waals surface area (Å²) in [6.45, 7) is 1.92. The zero-order chi connectivity index (χ0) is 30.7. The van der Waals surface area contributed by atoms with E-state index in [0.29, 0.717) is 43.9 Å². The normalized spacial score (nSPS) is 14.6. The number of non-ortho nitro benzene ring substituents is 1. The van der Waals surface area contributed by atoms with Gasteiger partial charge in [0.2, 0.25) is 0 Å². The Bertz CT molecular complexity index is 1930. The molecule has 0 bridgehead atoms. The molecule has 1 aliphatic rings. The number of fused-ring (bicyclic) bond motifs is 1. The monoisotopic (exact) mass is 619 g/mol. The first kappa shape index (κ1) is 29.7. The van der Waals surface area contributed by atoms with Crippen molar-refractivity contribution in [1.82, 2.24) is 4.57 Å². The molecule has 0 N–H and O–H groups in total. The maximum atomic E-state index is 13.9. The molecule has 4 aromatic rings. The van der Waals surface area contributed by atoms with Crippen LogP contribution in [0.4, 0.5) is 5.69 Å². The SMILES string of the molecule is CCC1=C(C(=O)OC)[C@H](c2ccccc2)n2c(s/c(=C\c3cc(Cl)c(OCc4cccc([N+](=O)[O-])c4)c(OC)c3)c2=O)=N1. The van der Waals surface area contributed by atoms with Crippen molar-refractivity contribution >= 4 is 40.7 Å². The highest BCUT2D eigenvalue weighted by atomic mass is 35.5. The first-order chi connectivity index (χ1) is 20.7. The van der Waals surface area contributed by atoms with Gasteiger partial charge in [-0.25, -0.2) is 9.79 Å². The van der Waals surface area contributed by atoms with Crippen LogP contribution in [0.15, 0.2) is 87.8 Å². The van der Waals surface area contributed by atoms with E-state index in [1.54, 1.807) is 30.3 Å². The van der Waals surface area contributed by atoms with E-state index >= 15 is 0 Å². The molecule has 10 nitrogen and oxygen atoms in total. The predicted molar refractivity (Wildman–Crippen MR) is 162 cm³/mol. The van der Waals surface area contributed by atoms with E-state index in [1.807, 2.05) is 37.3 Å². The molecule has 3 aromatic carbocycles. The van der Waals surface area contributed by atoms with Crippen LogP contribution in [0.2, 0.25) is 5.02 Å². The molecule has 0 unspecified atom stereocenters. The van der Waals surface area contributed by atoms with Crippen LogP contribution < -0.4 is 24.4 Å². The van der Waals surface area contributed by atoms with Gasteiger partial charge in [-0.05, 0) is 41.3 Å². The van der Waals surface area contributed by atoms with Crippen LogP contribution in [0, 0.1) is 10.1 Å². The average Bonchev–Trinajstić information content (AvgIpc) is 3.33. The van der Waals surface area contributed by atoms with Gasteiger partial charge in [-0.1, -0.05) is 72.3 Å². The molecular weight excluding hydrogens is 594 g/mol.